The fourth-order valence-electron chi connectivity index (χ4n) is 2.40. The van der Waals surface area contributed by atoms with Crippen LogP contribution in [0.4, 0.5) is 0 Å². The molecule has 0 aromatic rings. The first-order chi connectivity index (χ1) is 5.27. The summed E-state index contributed by atoms with van der Waals surface area (Å²) in [6.45, 7) is 0. The minimum absolute atomic E-state index is 0. The molecule has 2 nitrogen and oxygen atoms in total. The molecule has 3 heteroatoms. The SMILES string of the molecule is CN1C2CCCC1CC(=O)C2.[Cl-]. The molecule has 12 heavy (non-hydrogen) atoms. The molecule has 2 aliphatic rings. The van der Waals surface area contributed by atoms with Crippen LogP contribution in [0, 0.1) is 0 Å². The van der Waals surface area contributed by atoms with Crippen molar-refractivity contribution in [3.05, 3.63) is 0 Å². The van der Waals surface area contributed by atoms with Crippen molar-refractivity contribution in [1.82, 2.24) is 4.90 Å². The summed E-state index contributed by atoms with van der Waals surface area (Å²) in [7, 11) is 2.17. The third-order valence-corrected chi connectivity index (χ3v) is 3.15. The lowest BCUT2D eigenvalue weighted by Crippen LogP contribution is -3.00. The molecular weight excluding hydrogens is 174 g/mol. The van der Waals surface area contributed by atoms with Crippen molar-refractivity contribution in [2.45, 2.75) is 44.2 Å². The highest BCUT2D eigenvalue weighted by Gasteiger charge is 2.34. The Bertz CT molecular complexity index is 167. The van der Waals surface area contributed by atoms with Crippen LogP contribution < -0.4 is 12.4 Å². The third kappa shape index (κ3) is 1.64. The van der Waals surface area contributed by atoms with Crippen LogP contribution >= 0.6 is 0 Å². The van der Waals surface area contributed by atoms with Crippen LogP contribution in [-0.2, 0) is 4.79 Å². The first-order valence-electron chi connectivity index (χ1n) is 4.51. The van der Waals surface area contributed by atoms with Crippen molar-refractivity contribution in [1.29, 1.82) is 0 Å². The van der Waals surface area contributed by atoms with Gasteiger partial charge in [-0.2, -0.15) is 0 Å². The molecule has 0 spiro atoms. The maximum Gasteiger partial charge on any atom is 0.136 e. The van der Waals surface area contributed by atoms with Crippen molar-refractivity contribution in [3.63, 3.8) is 0 Å². The van der Waals surface area contributed by atoms with Crippen LogP contribution in [0.15, 0.2) is 0 Å². The van der Waals surface area contributed by atoms with Crippen molar-refractivity contribution in [2.24, 2.45) is 0 Å². The van der Waals surface area contributed by atoms with E-state index in [1.165, 1.54) is 19.3 Å². The van der Waals surface area contributed by atoms with Crippen LogP contribution in [0.1, 0.15) is 32.1 Å². The van der Waals surface area contributed by atoms with E-state index in [4.69, 9.17) is 0 Å². The lowest BCUT2D eigenvalue weighted by molar-refractivity contribution is -0.126. The van der Waals surface area contributed by atoms with Gasteiger partial charge in [-0.1, -0.05) is 6.42 Å². The summed E-state index contributed by atoms with van der Waals surface area (Å²) in [4.78, 5) is 13.6. The Morgan fingerprint density at radius 2 is 1.75 bits per heavy atom. The highest BCUT2D eigenvalue weighted by molar-refractivity contribution is 5.80. The van der Waals surface area contributed by atoms with Crippen LogP contribution in [0.25, 0.3) is 0 Å². The summed E-state index contributed by atoms with van der Waals surface area (Å²) in [5, 5.41) is 0. The molecule has 2 heterocycles. The number of nitrogens with zero attached hydrogens (tertiary/aromatic N) is 1. The molecule has 2 saturated heterocycles. The number of piperidine rings is 2. The van der Waals surface area contributed by atoms with E-state index in [0.717, 1.165) is 12.8 Å². The van der Waals surface area contributed by atoms with Gasteiger partial charge in [-0.3, -0.25) is 9.69 Å². The van der Waals surface area contributed by atoms with E-state index < -0.39 is 0 Å². The largest absolute Gasteiger partial charge is 1.00 e. The van der Waals surface area contributed by atoms with Crippen LogP contribution in [0.5, 0.6) is 0 Å². The third-order valence-electron chi connectivity index (χ3n) is 3.15. The van der Waals surface area contributed by atoms with E-state index in [1.54, 1.807) is 0 Å². The lowest BCUT2D eigenvalue weighted by Gasteiger charge is -2.43. The van der Waals surface area contributed by atoms with Gasteiger partial charge in [-0.15, -0.1) is 0 Å². The van der Waals surface area contributed by atoms with Crippen molar-refractivity contribution >= 4 is 5.78 Å². The number of ketones is 1. The number of rotatable bonds is 0. The second-order valence-electron chi connectivity index (χ2n) is 3.85. The van der Waals surface area contributed by atoms with Gasteiger partial charge in [0, 0.05) is 24.9 Å². The fraction of sp³-hybridized carbons (Fsp3) is 0.889. The van der Waals surface area contributed by atoms with E-state index >= 15 is 0 Å². The molecule has 2 unspecified atom stereocenters. The molecule has 2 atom stereocenters. The number of halogens is 1. The molecule has 2 rings (SSSR count). The predicted octanol–water partition coefficient (Wildman–Crippen LogP) is -1.79. The second-order valence-corrected chi connectivity index (χ2v) is 3.85. The van der Waals surface area contributed by atoms with Crippen LogP contribution in [0.2, 0.25) is 0 Å². The molecule has 70 valence electrons. The standard InChI is InChI=1S/C9H15NO.ClH/c1-10-7-3-2-4-8(10)6-9(11)5-7;/h7-8H,2-6H2,1H3;1H/p-1. The maximum atomic E-state index is 11.2. The van der Waals surface area contributed by atoms with Gasteiger partial charge in [0.05, 0.1) is 0 Å². The zero-order valence-corrected chi connectivity index (χ0v) is 8.18. The van der Waals surface area contributed by atoms with Gasteiger partial charge >= 0.3 is 0 Å². The molecular formula is C9H15ClNO-. The molecule has 0 aliphatic carbocycles. The van der Waals surface area contributed by atoms with Gasteiger partial charge in [0.15, 0.2) is 0 Å². The molecule has 0 amide bonds. The Morgan fingerprint density at radius 1 is 1.25 bits per heavy atom. The molecule has 0 saturated carbocycles. The van der Waals surface area contributed by atoms with E-state index in [-0.39, 0.29) is 12.4 Å². The summed E-state index contributed by atoms with van der Waals surface area (Å²) in [6.07, 6.45) is 5.42. The number of hydrogen-bond donors (Lipinski definition) is 0. The normalized spacial score (nSPS) is 35.9. The second kappa shape index (κ2) is 3.75. The zero-order valence-electron chi connectivity index (χ0n) is 7.42. The fourth-order valence-corrected chi connectivity index (χ4v) is 2.40. The maximum absolute atomic E-state index is 11.2. The molecule has 2 aliphatic heterocycles. The van der Waals surface area contributed by atoms with Crippen molar-refractivity contribution < 1.29 is 17.2 Å². The summed E-state index contributed by atoms with van der Waals surface area (Å²) in [5.74, 6) is 0.484. The molecule has 0 aromatic heterocycles. The highest BCUT2D eigenvalue weighted by atomic mass is 35.5. The Labute approximate surface area is 79.7 Å². The van der Waals surface area contributed by atoms with E-state index in [9.17, 15) is 4.79 Å². The molecule has 2 fully saturated rings. The Kier molecular flexibility index (Phi) is 3.13. The first-order valence-corrected chi connectivity index (χ1v) is 4.51. The Hall–Kier alpha value is -0.0800. The smallest absolute Gasteiger partial charge is 0.136 e. The zero-order chi connectivity index (χ0) is 7.84. The average molecular weight is 189 g/mol. The Morgan fingerprint density at radius 3 is 2.25 bits per heavy atom. The average Bonchev–Trinajstić information content (AvgIpc) is 1.92. The highest BCUT2D eigenvalue weighted by Crippen LogP contribution is 2.30. The number of carbonyl (C=O) groups excluding carboxylic acids is 1. The van der Waals surface area contributed by atoms with Gasteiger partial charge < -0.3 is 12.4 Å². The van der Waals surface area contributed by atoms with E-state index in [1.807, 2.05) is 0 Å². The molecule has 0 N–H and O–H groups in total. The van der Waals surface area contributed by atoms with Crippen molar-refractivity contribution in [3.8, 4) is 0 Å². The quantitative estimate of drug-likeness (QED) is 0.448. The molecule has 0 aromatic carbocycles. The van der Waals surface area contributed by atoms with Crippen LogP contribution in [0.3, 0.4) is 0 Å². The minimum Gasteiger partial charge on any atom is -1.00 e. The lowest BCUT2D eigenvalue weighted by atomic mass is 9.84. The van der Waals surface area contributed by atoms with Gasteiger partial charge in [0.1, 0.15) is 5.78 Å². The monoisotopic (exact) mass is 188 g/mol. The summed E-state index contributed by atoms with van der Waals surface area (Å²) in [5.41, 5.74) is 0. The summed E-state index contributed by atoms with van der Waals surface area (Å²) >= 11 is 0. The molecule has 0 radical (unpaired) electrons. The number of hydrogen-bond acceptors (Lipinski definition) is 2. The van der Waals surface area contributed by atoms with Crippen LogP contribution in [-0.4, -0.2) is 29.8 Å². The van der Waals surface area contributed by atoms with Crippen molar-refractivity contribution in [2.75, 3.05) is 7.05 Å². The number of fused-ring (bicyclic) bond motifs is 2. The van der Waals surface area contributed by atoms with Gasteiger partial charge in [0.2, 0.25) is 0 Å². The summed E-state index contributed by atoms with van der Waals surface area (Å²) < 4.78 is 0. The Balaban J connectivity index is 0.000000720. The number of carbonyl (C=O) groups is 1. The minimum atomic E-state index is 0. The predicted molar refractivity (Wildman–Crippen MR) is 43.4 cm³/mol. The van der Waals surface area contributed by atoms with E-state index in [2.05, 4.69) is 11.9 Å². The number of Topliss-reactive ketones (excluding diaryl/α,β-unsaturated/α-hetero) is 1. The van der Waals surface area contributed by atoms with Gasteiger partial charge in [-0.25, -0.2) is 0 Å². The molecule has 2 bridgehead atoms. The van der Waals surface area contributed by atoms with Gasteiger partial charge in [0.25, 0.3) is 0 Å². The summed E-state index contributed by atoms with van der Waals surface area (Å²) in [6, 6.07) is 1.16. The topological polar surface area (TPSA) is 20.3 Å². The van der Waals surface area contributed by atoms with E-state index in [0.29, 0.717) is 17.9 Å². The van der Waals surface area contributed by atoms with Gasteiger partial charge in [-0.05, 0) is 19.9 Å². The first kappa shape index (κ1) is 10.0.